The zero-order valence-corrected chi connectivity index (χ0v) is 6.93. The molecule has 0 bridgehead atoms. The summed E-state index contributed by atoms with van der Waals surface area (Å²) in [6.07, 6.45) is 2.76. The van der Waals surface area contributed by atoms with Crippen LogP contribution in [0, 0.1) is 0 Å². The molecule has 0 aliphatic carbocycles. The monoisotopic (exact) mass is 179 g/mol. The highest BCUT2D eigenvalue weighted by Crippen LogP contribution is 2.23. The summed E-state index contributed by atoms with van der Waals surface area (Å²) < 4.78 is 4.79. The zero-order valence-electron chi connectivity index (χ0n) is 6.93. The molecule has 0 unspecified atom stereocenters. The van der Waals surface area contributed by atoms with E-state index in [9.17, 15) is 4.79 Å². The number of hydrogen-bond acceptors (Lipinski definition) is 4. The Labute approximate surface area is 75.1 Å². The van der Waals surface area contributed by atoms with Gasteiger partial charge in [-0.15, -0.1) is 0 Å². The Balaban J connectivity index is 2.34. The van der Waals surface area contributed by atoms with E-state index in [1.54, 1.807) is 12.3 Å². The van der Waals surface area contributed by atoms with E-state index in [0.29, 0.717) is 24.5 Å². The number of rotatable bonds is 1. The Kier molecular flexibility index (Phi) is 1.77. The Bertz CT molecular complexity index is 340. The lowest BCUT2D eigenvalue weighted by atomic mass is 10.3. The molecule has 5 heteroatoms. The first kappa shape index (κ1) is 7.85. The van der Waals surface area contributed by atoms with Crippen molar-refractivity contribution >= 4 is 17.5 Å². The van der Waals surface area contributed by atoms with Gasteiger partial charge in [0.05, 0.1) is 24.1 Å². The van der Waals surface area contributed by atoms with Gasteiger partial charge in [-0.2, -0.15) is 0 Å². The maximum absolute atomic E-state index is 11.2. The van der Waals surface area contributed by atoms with Crippen molar-refractivity contribution in [2.24, 2.45) is 0 Å². The summed E-state index contributed by atoms with van der Waals surface area (Å²) in [7, 11) is 0. The van der Waals surface area contributed by atoms with Gasteiger partial charge in [0.15, 0.2) is 0 Å². The normalized spacial score (nSPS) is 16.0. The molecule has 13 heavy (non-hydrogen) atoms. The molecule has 0 saturated carbocycles. The van der Waals surface area contributed by atoms with Crippen LogP contribution in [0.4, 0.5) is 16.2 Å². The van der Waals surface area contributed by atoms with Crippen molar-refractivity contribution in [2.75, 3.05) is 23.8 Å². The van der Waals surface area contributed by atoms with Gasteiger partial charge in [0, 0.05) is 6.20 Å². The summed E-state index contributed by atoms with van der Waals surface area (Å²) in [4.78, 5) is 16.5. The summed E-state index contributed by atoms with van der Waals surface area (Å²) in [5.74, 6) is 0. The summed E-state index contributed by atoms with van der Waals surface area (Å²) in [6, 6.07) is 1.70. The third-order valence-electron chi connectivity index (χ3n) is 1.88. The lowest BCUT2D eigenvalue weighted by molar-refractivity contribution is 0.181. The molecule has 1 aliphatic rings. The fraction of sp³-hybridized carbons (Fsp3) is 0.250. The van der Waals surface area contributed by atoms with Gasteiger partial charge in [0.1, 0.15) is 6.61 Å². The highest BCUT2D eigenvalue weighted by Gasteiger charge is 2.24. The molecule has 1 aromatic rings. The second-order valence-corrected chi connectivity index (χ2v) is 2.70. The van der Waals surface area contributed by atoms with Gasteiger partial charge in [-0.05, 0) is 6.07 Å². The van der Waals surface area contributed by atoms with Crippen LogP contribution in [-0.4, -0.2) is 24.2 Å². The van der Waals surface area contributed by atoms with Crippen molar-refractivity contribution in [1.82, 2.24) is 4.98 Å². The molecule has 0 radical (unpaired) electrons. The Morgan fingerprint density at radius 1 is 1.62 bits per heavy atom. The van der Waals surface area contributed by atoms with Crippen molar-refractivity contribution in [3.8, 4) is 0 Å². The molecule has 2 N–H and O–H groups in total. The number of nitrogens with zero attached hydrogens (tertiary/aromatic N) is 2. The average Bonchev–Trinajstić information content (AvgIpc) is 2.52. The number of carbonyl (C=O) groups is 1. The van der Waals surface area contributed by atoms with Gasteiger partial charge < -0.3 is 10.5 Å². The highest BCUT2D eigenvalue weighted by atomic mass is 16.6. The number of cyclic esters (lactones) is 1. The first-order valence-electron chi connectivity index (χ1n) is 3.93. The van der Waals surface area contributed by atoms with Crippen LogP contribution >= 0.6 is 0 Å². The van der Waals surface area contributed by atoms with Crippen LogP contribution in [0.5, 0.6) is 0 Å². The number of amides is 1. The number of pyridine rings is 1. The fourth-order valence-electron chi connectivity index (χ4n) is 1.26. The van der Waals surface area contributed by atoms with Crippen molar-refractivity contribution in [3.05, 3.63) is 18.5 Å². The van der Waals surface area contributed by atoms with Gasteiger partial charge in [-0.3, -0.25) is 9.88 Å². The molecule has 1 amide bonds. The highest BCUT2D eigenvalue weighted by molar-refractivity contribution is 5.92. The second kappa shape index (κ2) is 2.93. The smallest absolute Gasteiger partial charge is 0.414 e. The van der Waals surface area contributed by atoms with Crippen molar-refractivity contribution in [1.29, 1.82) is 0 Å². The minimum absolute atomic E-state index is 0.349. The molecule has 0 aromatic carbocycles. The standard InChI is InChI=1S/C8H9N3O2/c9-6-5-10-2-1-7(6)11-3-4-13-8(11)12/h1-2,5H,3-4,9H2. The molecular weight excluding hydrogens is 170 g/mol. The van der Waals surface area contributed by atoms with E-state index in [2.05, 4.69) is 4.98 Å². The molecular formula is C8H9N3O2. The maximum atomic E-state index is 11.2. The van der Waals surface area contributed by atoms with E-state index < -0.39 is 0 Å². The van der Waals surface area contributed by atoms with Gasteiger partial charge >= 0.3 is 6.09 Å². The van der Waals surface area contributed by atoms with Crippen LogP contribution in [0.1, 0.15) is 0 Å². The van der Waals surface area contributed by atoms with E-state index in [1.165, 1.54) is 11.1 Å². The predicted octanol–water partition coefficient (Wildman–Crippen LogP) is 0.620. The Morgan fingerprint density at radius 3 is 3.08 bits per heavy atom. The molecule has 0 atom stereocenters. The van der Waals surface area contributed by atoms with Crippen LogP contribution in [0.2, 0.25) is 0 Å². The van der Waals surface area contributed by atoms with Crippen LogP contribution in [0.25, 0.3) is 0 Å². The fourth-order valence-corrected chi connectivity index (χ4v) is 1.26. The van der Waals surface area contributed by atoms with Crippen LogP contribution < -0.4 is 10.6 Å². The van der Waals surface area contributed by atoms with Crippen molar-refractivity contribution in [2.45, 2.75) is 0 Å². The number of nitrogen functional groups attached to an aromatic ring is 1. The van der Waals surface area contributed by atoms with Gasteiger partial charge in [0.25, 0.3) is 0 Å². The molecule has 2 heterocycles. The first-order valence-corrected chi connectivity index (χ1v) is 3.93. The molecule has 5 nitrogen and oxygen atoms in total. The molecule has 2 rings (SSSR count). The predicted molar refractivity (Wildman–Crippen MR) is 47.3 cm³/mol. The van der Waals surface area contributed by atoms with E-state index >= 15 is 0 Å². The third kappa shape index (κ3) is 1.28. The third-order valence-corrected chi connectivity index (χ3v) is 1.88. The maximum Gasteiger partial charge on any atom is 0.414 e. The summed E-state index contributed by atoms with van der Waals surface area (Å²) in [6.45, 7) is 0.966. The summed E-state index contributed by atoms with van der Waals surface area (Å²) in [5, 5.41) is 0. The van der Waals surface area contributed by atoms with Crippen molar-refractivity contribution < 1.29 is 9.53 Å². The molecule has 68 valence electrons. The molecule has 1 aromatic heterocycles. The van der Waals surface area contributed by atoms with Gasteiger partial charge in [-0.1, -0.05) is 0 Å². The quantitative estimate of drug-likeness (QED) is 0.686. The summed E-state index contributed by atoms with van der Waals surface area (Å²) in [5.41, 5.74) is 6.80. The lowest BCUT2D eigenvalue weighted by Crippen LogP contribution is -2.24. The van der Waals surface area contributed by atoms with E-state index in [1.807, 2.05) is 0 Å². The Hall–Kier alpha value is -1.78. The number of hydrogen-bond donors (Lipinski definition) is 1. The molecule has 1 saturated heterocycles. The van der Waals surface area contributed by atoms with Crippen LogP contribution in [0.3, 0.4) is 0 Å². The molecule has 0 spiro atoms. The first-order chi connectivity index (χ1) is 6.29. The minimum atomic E-state index is -0.349. The zero-order chi connectivity index (χ0) is 9.26. The number of nitrogens with two attached hydrogens (primary N) is 1. The van der Waals surface area contributed by atoms with E-state index in [0.717, 1.165) is 0 Å². The van der Waals surface area contributed by atoms with Crippen LogP contribution in [-0.2, 0) is 4.74 Å². The van der Waals surface area contributed by atoms with E-state index in [-0.39, 0.29) is 6.09 Å². The largest absolute Gasteiger partial charge is 0.447 e. The second-order valence-electron chi connectivity index (χ2n) is 2.70. The number of carbonyl (C=O) groups excluding carboxylic acids is 1. The minimum Gasteiger partial charge on any atom is -0.447 e. The molecule has 1 aliphatic heterocycles. The topological polar surface area (TPSA) is 68.4 Å². The molecule has 1 fully saturated rings. The average molecular weight is 179 g/mol. The number of aromatic nitrogens is 1. The lowest BCUT2D eigenvalue weighted by Gasteiger charge is -2.13. The van der Waals surface area contributed by atoms with E-state index in [4.69, 9.17) is 10.5 Å². The number of ether oxygens (including phenoxy) is 1. The summed E-state index contributed by atoms with van der Waals surface area (Å²) >= 11 is 0. The SMILES string of the molecule is Nc1cnccc1N1CCOC1=O. The van der Waals surface area contributed by atoms with Gasteiger partial charge in [-0.25, -0.2) is 4.79 Å². The number of anilines is 2. The van der Waals surface area contributed by atoms with Crippen LogP contribution in [0.15, 0.2) is 18.5 Å². The Morgan fingerprint density at radius 2 is 2.46 bits per heavy atom. The van der Waals surface area contributed by atoms with Crippen molar-refractivity contribution in [3.63, 3.8) is 0 Å². The van der Waals surface area contributed by atoms with Gasteiger partial charge in [0.2, 0.25) is 0 Å².